The quantitative estimate of drug-likeness (QED) is 0.558. The molecule has 3 rings (SSSR count). The summed E-state index contributed by atoms with van der Waals surface area (Å²) in [5, 5.41) is 2.93. The van der Waals surface area contributed by atoms with Crippen LogP contribution in [0.5, 0.6) is 0 Å². The van der Waals surface area contributed by atoms with Crippen LogP contribution in [0, 0.1) is 0 Å². The smallest absolute Gasteiger partial charge is 0.328 e. The number of rotatable bonds is 6. The van der Waals surface area contributed by atoms with Gasteiger partial charge in [0.15, 0.2) is 0 Å². The Morgan fingerprint density at radius 1 is 1.07 bits per heavy atom. The van der Waals surface area contributed by atoms with E-state index in [0.29, 0.717) is 32.6 Å². The van der Waals surface area contributed by atoms with Gasteiger partial charge in [0.05, 0.1) is 7.11 Å². The molecule has 0 aliphatic carbocycles. The molecule has 1 unspecified atom stereocenters. The van der Waals surface area contributed by atoms with Gasteiger partial charge < -0.3 is 19.9 Å². The number of methoxy groups -OCH3 is 1. The summed E-state index contributed by atoms with van der Waals surface area (Å²) >= 11 is 0. The first-order valence-corrected chi connectivity index (χ1v) is 9.14. The number of piperazine rings is 1. The van der Waals surface area contributed by atoms with Crippen LogP contribution in [-0.4, -0.2) is 56.1 Å². The van der Waals surface area contributed by atoms with Gasteiger partial charge in [-0.2, -0.15) is 0 Å². The molecule has 1 heterocycles. The summed E-state index contributed by atoms with van der Waals surface area (Å²) in [5.74, 6) is -0.527. The summed E-state index contributed by atoms with van der Waals surface area (Å²) in [4.78, 5) is 51.5. The highest BCUT2D eigenvalue weighted by molar-refractivity contribution is 5.84. The monoisotopic (exact) mass is 385 g/mol. The second-order valence-corrected chi connectivity index (χ2v) is 6.78. The molecule has 148 valence electrons. The number of amides is 1. The van der Waals surface area contributed by atoms with Gasteiger partial charge in [0.2, 0.25) is 5.91 Å². The lowest BCUT2D eigenvalue weighted by Gasteiger charge is -2.37. The van der Waals surface area contributed by atoms with E-state index in [0.717, 1.165) is 5.56 Å². The van der Waals surface area contributed by atoms with E-state index in [9.17, 15) is 19.2 Å². The molecule has 1 N–H and O–H groups in total. The number of esters is 1. The van der Waals surface area contributed by atoms with E-state index in [1.807, 2.05) is 30.3 Å². The number of benzene rings is 1. The molecule has 1 aliphatic rings. The predicted octanol–water partition coefficient (Wildman–Crippen LogP) is 0.147. The number of ether oxygens (including phenoxy) is 1. The van der Waals surface area contributed by atoms with Crippen molar-refractivity contribution in [2.75, 3.05) is 43.5 Å². The lowest BCUT2D eigenvalue weighted by Crippen LogP contribution is -2.53. The molecule has 0 spiro atoms. The Balaban J connectivity index is 1.78. The standard InChI is InChI=1S/C20H23N3O5/c1-13(24)22-8-10-23(11-9-22)17-16(18(25)19(17)26)21-15(20(27)28-2)12-14-6-4-3-5-7-14/h3-7,15,21H,8-12H2,1-2H3. The number of hydrogen-bond donors (Lipinski definition) is 1. The highest BCUT2D eigenvalue weighted by Crippen LogP contribution is 2.23. The third kappa shape index (κ3) is 3.90. The maximum absolute atomic E-state index is 12.2. The predicted molar refractivity (Wildman–Crippen MR) is 105 cm³/mol. The first kappa shape index (κ1) is 19.6. The minimum Gasteiger partial charge on any atom is -0.467 e. The van der Waals surface area contributed by atoms with Crippen LogP contribution in [0.3, 0.4) is 0 Å². The molecule has 8 heteroatoms. The molecule has 1 atom stereocenters. The first-order valence-electron chi connectivity index (χ1n) is 9.14. The van der Waals surface area contributed by atoms with Crippen LogP contribution in [0.25, 0.3) is 0 Å². The molecule has 0 bridgehead atoms. The topological polar surface area (TPSA) is 96.0 Å². The molecule has 1 saturated heterocycles. The summed E-state index contributed by atoms with van der Waals surface area (Å²) in [7, 11) is 1.28. The van der Waals surface area contributed by atoms with Crippen molar-refractivity contribution in [3.05, 3.63) is 56.3 Å². The maximum Gasteiger partial charge on any atom is 0.328 e. The van der Waals surface area contributed by atoms with Gasteiger partial charge in [-0.15, -0.1) is 0 Å². The zero-order valence-electron chi connectivity index (χ0n) is 15.9. The fourth-order valence-electron chi connectivity index (χ4n) is 3.42. The van der Waals surface area contributed by atoms with Gasteiger partial charge in [-0.3, -0.25) is 14.4 Å². The number of carbonyl (C=O) groups is 2. The van der Waals surface area contributed by atoms with Gasteiger partial charge in [0, 0.05) is 39.5 Å². The first-order chi connectivity index (χ1) is 13.4. The van der Waals surface area contributed by atoms with Crippen molar-refractivity contribution in [2.45, 2.75) is 19.4 Å². The minimum absolute atomic E-state index is 0.0170. The summed E-state index contributed by atoms with van der Waals surface area (Å²) in [6, 6.07) is 8.57. The number of carbonyl (C=O) groups excluding carboxylic acids is 2. The second kappa shape index (κ2) is 8.24. The van der Waals surface area contributed by atoms with Gasteiger partial charge in [-0.1, -0.05) is 30.3 Å². The van der Waals surface area contributed by atoms with Crippen LogP contribution in [0.15, 0.2) is 39.9 Å². The Labute approximate surface area is 162 Å². The van der Waals surface area contributed by atoms with Crippen molar-refractivity contribution in [1.82, 2.24) is 4.90 Å². The van der Waals surface area contributed by atoms with E-state index in [-0.39, 0.29) is 17.3 Å². The fourth-order valence-corrected chi connectivity index (χ4v) is 3.42. The number of anilines is 2. The Morgan fingerprint density at radius 2 is 1.71 bits per heavy atom. The van der Waals surface area contributed by atoms with Crippen LogP contribution in [-0.2, 0) is 20.7 Å². The molecule has 1 fully saturated rings. The van der Waals surface area contributed by atoms with E-state index >= 15 is 0 Å². The van der Waals surface area contributed by atoms with E-state index in [2.05, 4.69) is 5.32 Å². The van der Waals surface area contributed by atoms with Gasteiger partial charge in [0.25, 0.3) is 10.9 Å². The molecular weight excluding hydrogens is 362 g/mol. The van der Waals surface area contributed by atoms with Crippen molar-refractivity contribution in [2.24, 2.45) is 0 Å². The fraction of sp³-hybridized carbons (Fsp3) is 0.400. The van der Waals surface area contributed by atoms with Crippen LogP contribution in [0.2, 0.25) is 0 Å². The SMILES string of the molecule is COC(=O)C(Cc1ccccc1)Nc1c(N2CCN(C(C)=O)CC2)c(=O)c1=O. The molecule has 0 aromatic heterocycles. The number of nitrogens with zero attached hydrogens (tertiary/aromatic N) is 2. The molecule has 1 amide bonds. The third-order valence-electron chi connectivity index (χ3n) is 5.01. The number of nitrogens with one attached hydrogen (secondary N) is 1. The van der Waals surface area contributed by atoms with Crippen molar-refractivity contribution in [1.29, 1.82) is 0 Å². The zero-order chi connectivity index (χ0) is 20.3. The molecule has 0 radical (unpaired) electrons. The Kier molecular flexibility index (Phi) is 5.77. The Bertz CT molecular complexity index is 925. The zero-order valence-corrected chi connectivity index (χ0v) is 15.9. The number of hydrogen-bond acceptors (Lipinski definition) is 7. The normalized spacial score (nSPS) is 15.4. The average molecular weight is 385 g/mol. The molecule has 8 nitrogen and oxygen atoms in total. The molecule has 2 aromatic rings. The van der Waals surface area contributed by atoms with Gasteiger partial charge >= 0.3 is 5.97 Å². The van der Waals surface area contributed by atoms with Gasteiger partial charge in [-0.05, 0) is 5.56 Å². The van der Waals surface area contributed by atoms with E-state index in [1.165, 1.54) is 14.0 Å². The summed E-state index contributed by atoms with van der Waals surface area (Å²) in [6.45, 7) is 3.39. The van der Waals surface area contributed by atoms with Crippen LogP contribution in [0.1, 0.15) is 12.5 Å². The maximum atomic E-state index is 12.2. The van der Waals surface area contributed by atoms with Crippen molar-refractivity contribution in [3.63, 3.8) is 0 Å². The highest BCUT2D eigenvalue weighted by Gasteiger charge is 2.32. The molecule has 2 aromatic carbocycles. The van der Waals surface area contributed by atoms with E-state index in [1.54, 1.807) is 9.80 Å². The minimum atomic E-state index is -0.784. The lowest BCUT2D eigenvalue weighted by atomic mass is 10.0. The Hall–Kier alpha value is -3.16. The van der Waals surface area contributed by atoms with Crippen molar-refractivity contribution >= 4 is 23.3 Å². The highest BCUT2D eigenvalue weighted by atomic mass is 16.5. The third-order valence-corrected chi connectivity index (χ3v) is 5.01. The summed E-state index contributed by atoms with van der Waals surface area (Å²) < 4.78 is 4.86. The van der Waals surface area contributed by atoms with Crippen LogP contribution < -0.4 is 21.1 Å². The molecule has 0 saturated carbocycles. The molecule has 28 heavy (non-hydrogen) atoms. The lowest BCUT2D eigenvalue weighted by molar-refractivity contribution is -0.141. The Morgan fingerprint density at radius 3 is 2.29 bits per heavy atom. The molecule has 1 aliphatic heterocycles. The van der Waals surface area contributed by atoms with Crippen molar-refractivity contribution < 1.29 is 14.3 Å². The summed E-state index contributed by atoms with van der Waals surface area (Å²) in [6.07, 6.45) is 0.323. The largest absolute Gasteiger partial charge is 0.467 e. The van der Waals surface area contributed by atoms with E-state index < -0.39 is 22.9 Å². The van der Waals surface area contributed by atoms with Gasteiger partial charge in [0.1, 0.15) is 17.4 Å². The van der Waals surface area contributed by atoms with Gasteiger partial charge in [-0.25, -0.2) is 4.79 Å². The average Bonchev–Trinajstić information content (AvgIpc) is 2.72. The van der Waals surface area contributed by atoms with Crippen molar-refractivity contribution in [3.8, 4) is 0 Å². The van der Waals surface area contributed by atoms with Crippen LogP contribution >= 0.6 is 0 Å². The molecular formula is C20H23N3O5. The summed E-state index contributed by atoms with van der Waals surface area (Å²) in [5.41, 5.74) is 0.136. The van der Waals surface area contributed by atoms with Crippen LogP contribution in [0.4, 0.5) is 11.4 Å². The second-order valence-electron chi connectivity index (χ2n) is 6.78. The van der Waals surface area contributed by atoms with E-state index in [4.69, 9.17) is 4.74 Å².